The molecule has 0 bridgehead atoms. The zero-order valence-electron chi connectivity index (χ0n) is 11.0. The Bertz CT molecular complexity index is 674. The smallest absolute Gasteiger partial charge is 0.340 e. The van der Waals surface area contributed by atoms with Crippen LogP contribution >= 0.6 is 23.2 Å². The summed E-state index contributed by atoms with van der Waals surface area (Å²) in [5.74, 6) is -0.858. The number of ether oxygens (including phenoxy) is 2. The van der Waals surface area contributed by atoms with Crippen LogP contribution in [-0.4, -0.2) is 13.1 Å². The van der Waals surface area contributed by atoms with E-state index in [9.17, 15) is 9.18 Å². The highest BCUT2D eigenvalue weighted by Crippen LogP contribution is 2.26. The molecule has 0 saturated carbocycles. The van der Waals surface area contributed by atoms with E-state index >= 15 is 0 Å². The highest BCUT2D eigenvalue weighted by atomic mass is 35.5. The summed E-state index contributed by atoms with van der Waals surface area (Å²) < 4.78 is 23.7. The topological polar surface area (TPSA) is 35.5 Å². The Morgan fingerprint density at radius 3 is 2.52 bits per heavy atom. The van der Waals surface area contributed by atoms with Crippen molar-refractivity contribution in [2.24, 2.45) is 0 Å². The number of methoxy groups -OCH3 is 1. The van der Waals surface area contributed by atoms with Gasteiger partial charge in [-0.15, -0.1) is 0 Å². The van der Waals surface area contributed by atoms with E-state index in [1.807, 2.05) is 0 Å². The number of hydrogen-bond donors (Lipinski definition) is 0. The third-order valence-electron chi connectivity index (χ3n) is 2.74. The van der Waals surface area contributed by atoms with Crippen molar-refractivity contribution < 1.29 is 18.7 Å². The zero-order chi connectivity index (χ0) is 15.4. The fourth-order valence-electron chi connectivity index (χ4n) is 1.66. The fraction of sp³-hybridized carbons (Fsp3) is 0.133. The first-order chi connectivity index (χ1) is 10.0. The summed E-state index contributed by atoms with van der Waals surface area (Å²) in [5.41, 5.74) is 0.460. The van der Waals surface area contributed by atoms with Crippen LogP contribution in [0.5, 0.6) is 5.75 Å². The minimum absolute atomic E-state index is 0.115. The summed E-state index contributed by atoms with van der Waals surface area (Å²) in [6.07, 6.45) is 0. The summed E-state index contributed by atoms with van der Waals surface area (Å²) in [7, 11) is 1.20. The molecule has 21 heavy (non-hydrogen) atoms. The molecule has 2 rings (SSSR count). The zero-order valence-corrected chi connectivity index (χ0v) is 12.5. The van der Waals surface area contributed by atoms with Crippen molar-refractivity contribution in [2.45, 2.75) is 6.61 Å². The molecule has 0 aliphatic heterocycles. The van der Waals surface area contributed by atoms with Gasteiger partial charge in [0.1, 0.15) is 18.2 Å². The minimum atomic E-state index is -0.718. The second-order valence-corrected chi connectivity index (χ2v) is 4.98. The number of rotatable bonds is 4. The van der Waals surface area contributed by atoms with Gasteiger partial charge in [0.2, 0.25) is 0 Å². The molecule has 0 aliphatic rings. The van der Waals surface area contributed by atoms with Crippen LogP contribution < -0.4 is 4.74 Å². The van der Waals surface area contributed by atoms with Gasteiger partial charge >= 0.3 is 5.97 Å². The molecule has 2 aromatic rings. The van der Waals surface area contributed by atoms with Gasteiger partial charge in [-0.2, -0.15) is 0 Å². The summed E-state index contributed by atoms with van der Waals surface area (Å²) in [4.78, 5) is 11.3. The van der Waals surface area contributed by atoms with Gasteiger partial charge < -0.3 is 9.47 Å². The molecule has 0 radical (unpaired) electrons. The van der Waals surface area contributed by atoms with Crippen LogP contribution in [0.15, 0.2) is 36.4 Å². The molecule has 0 saturated heterocycles. The third kappa shape index (κ3) is 3.86. The minimum Gasteiger partial charge on any atom is -0.489 e. The fourth-order valence-corrected chi connectivity index (χ4v) is 1.95. The maximum Gasteiger partial charge on any atom is 0.340 e. The van der Waals surface area contributed by atoms with Crippen LogP contribution in [0.2, 0.25) is 10.0 Å². The van der Waals surface area contributed by atoms with Gasteiger partial charge in [0, 0.05) is 6.07 Å². The maximum atomic E-state index is 13.7. The molecule has 0 aromatic heterocycles. The van der Waals surface area contributed by atoms with Gasteiger partial charge in [-0.25, -0.2) is 9.18 Å². The standard InChI is InChI=1S/C15H11Cl2FO3/c1-20-15(19)11-4-2-9(6-14(11)18)8-21-10-3-5-12(16)13(17)7-10/h2-7H,8H2,1H3. The average Bonchev–Trinajstić information content (AvgIpc) is 2.48. The highest BCUT2D eigenvalue weighted by Gasteiger charge is 2.12. The lowest BCUT2D eigenvalue weighted by molar-refractivity contribution is 0.0595. The van der Waals surface area contributed by atoms with Crippen LogP contribution in [-0.2, 0) is 11.3 Å². The predicted octanol–water partition coefficient (Wildman–Crippen LogP) is 4.50. The van der Waals surface area contributed by atoms with Crippen LogP contribution in [0, 0.1) is 5.82 Å². The van der Waals surface area contributed by atoms with Gasteiger partial charge in [0.15, 0.2) is 0 Å². The van der Waals surface area contributed by atoms with E-state index in [2.05, 4.69) is 4.74 Å². The first kappa shape index (κ1) is 15.6. The normalized spacial score (nSPS) is 10.3. The number of carbonyl (C=O) groups excluding carboxylic acids is 1. The predicted molar refractivity (Wildman–Crippen MR) is 78.5 cm³/mol. The molecule has 0 unspecified atom stereocenters. The second kappa shape index (κ2) is 6.78. The molecular formula is C15H11Cl2FO3. The summed E-state index contributed by atoms with van der Waals surface area (Å²) in [6.45, 7) is 0.135. The van der Waals surface area contributed by atoms with Gasteiger partial charge in [0.25, 0.3) is 0 Å². The van der Waals surface area contributed by atoms with Crippen molar-refractivity contribution in [3.8, 4) is 5.75 Å². The quantitative estimate of drug-likeness (QED) is 0.775. The van der Waals surface area contributed by atoms with E-state index in [0.29, 0.717) is 21.4 Å². The molecule has 6 heteroatoms. The number of benzene rings is 2. The summed E-state index contributed by atoms with van der Waals surface area (Å²) in [5, 5.41) is 0.805. The lowest BCUT2D eigenvalue weighted by Crippen LogP contribution is -2.05. The van der Waals surface area contributed by atoms with Crippen LogP contribution in [0.4, 0.5) is 4.39 Å². The Balaban J connectivity index is 2.08. The molecule has 2 aromatic carbocycles. The Hall–Kier alpha value is -1.78. The molecule has 3 nitrogen and oxygen atoms in total. The number of esters is 1. The largest absolute Gasteiger partial charge is 0.489 e. The highest BCUT2D eigenvalue weighted by molar-refractivity contribution is 6.42. The van der Waals surface area contributed by atoms with Crippen molar-refractivity contribution in [1.82, 2.24) is 0 Å². The molecule has 0 amide bonds. The Morgan fingerprint density at radius 2 is 1.90 bits per heavy atom. The van der Waals surface area contributed by atoms with Crippen LogP contribution in [0.1, 0.15) is 15.9 Å². The lowest BCUT2D eigenvalue weighted by atomic mass is 10.1. The van der Waals surface area contributed by atoms with E-state index < -0.39 is 11.8 Å². The van der Waals surface area contributed by atoms with Gasteiger partial charge in [-0.1, -0.05) is 29.3 Å². The van der Waals surface area contributed by atoms with Gasteiger partial charge in [0.05, 0.1) is 22.7 Å². The molecule has 0 fully saturated rings. The lowest BCUT2D eigenvalue weighted by Gasteiger charge is -2.08. The van der Waals surface area contributed by atoms with E-state index in [-0.39, 0.29) is 12.2 Å². The number of hydrogen-bond acceptors (Lipinski definition) is 3. The Morgan fingerprint density at radius 1 is 1.14 bits per heavy atom. The van der Waals surface area contributed by atoms with Crippen molar-refractivity contribution in [2.75, 3.05) is 7.11 Å². The monoisotopic (exact) mass is 328 g/mol. The van der Waals surface area contributed by atoms with E-state index in [0.717, 1.165) is 0 Å². The van der Waals surface area contributed by atoms with Crippen molar-refractivity contribution >= 4 is 29.2 Å². The maximum absolute atomic E-state index is 13.7. The first-order valence-corrected chi connectivity index (χ1v) is 6.71. The van der Waals surface area contributed by atoms with E-state index in [1.54, 1.807) is 24.3 Å². The molecular weight excluding hydrogens is 318 g/mol. The van der Waals surface area contributed by atoms with Gasteiger partial charge in [-0.05, 0) is 29.8 Å². The average molecular weight is 329 g/mol. The Labute approximate surface area is 131 Å². The number of halogens is 3. The SMILES string of the molecule is COC(=O)c1ccc(COc2ccc(Cl)c(Cl)c2)cc1F. The molecule has 0 heterocycles. The molecule has 0 aliphatic carbocycles. The van der Waals surface area contributed by atoms with Crippen LogP contribution in [0.3, 0.4) is 0 Å². The van der Waals surface area contributed by atoms with Crippen molar-refractivity contribution in [3.63, 3.8) is 0 Å². The Kier molecular flexibility index (Phi) is 5.04. The van der Waals surface area contributed by atoms with Crippen molar-refractivity contribution in [3.05, 3.63) is 63.4 Å². The summed E-state index contributed by atoms with van der Waals surface area (Å²) in [6, 6.07) is 9.02. The van der Waals surface area contributed by atoms with Gasteiger partial charge in [-0.3, -0.25) is 0 Å². The van der Waals surface area contributed by atoms with E-state index in [4.69, 9.17) is 27.9 Å². The molecule has 0 atom stereocenters. The second-order valence-electron chi connectivity index (χ2n) is 4.17. The molecule has 0 N–H and O–H groups in total. The van der Waals surface area contributed by atoms with E-state index in [1.165, 1.54) is 19.2 Å². The number of carbonyl (C=O) groups is 1. The molecule has 110 valence electrons. The third-order valence-corrected chi connectivity index (χ3v) is 3.47. The molecule has 0 spiro atoms. The van der Waals surface area contributed by atoms with Crippen LogP contribution in [0.25, 0.3) is 0 Å². The van der Waals surface area contributed by atoms with Crippen molar-refractivity contribution in [1.29, 1.82) is 0 Å². The summed E-state index contributed by atoms with van der Waals surface area (Å²) >= 11 is 11.7. The first-order valence-electron chi connectivity index (χ1n) is 5.96.